The second-order valence-corrected chi connectivity index (χ2v) is 2.22. The molecule has 48 valence electrons. The number of hydrogen-bond acceptors (Lipinski definition) is 3. The fourth-order valence-corrected chi connectivity index (χ4v) is 1.07. The van der Waals surface area contributed by atoms with Gasteiger partial charge in [0.25, 0.3) is 0 Å². The highest BCUT2D eigenvalue weighted by Gasteiger charge is 2.19. The first-order chi connectivity index (χ1) is 4.36. The van der Waals surface area contributed by atoms with Crippen molar-refractivity contribution >= 4 is 0 Å². The molecular formula is C5H7N3O. The van der Waals surface area contributed by atoms with Crippen molar-refractivity contribution in [3.8, 4) is 0 Å². The molecule has 1 aliphatic rings. The maximum absolute atomic E-state index is 9.04. The summed E-state index contributed by atoms with van der Waals surface area (Å²) in [7, 11) is 0. The summed E-state index contributed by atoms with van der Waals surface area (Å²) in [4.78, 5) is 3.94. The van der Waals surface area contributed by atoms with Gasteiger partial charge in [-0.05, 0) is 0 Å². The molecule has 0 radical (unpaired) electrons. The van der Waals surface area contributed by atoms with E-state index in [0.717, 1.165) is 5.82 Å². The summed E-state index contributed by atoms with van der Waals surface area (Å²) in [5, 5.41) is 12.9. The van der Waals surface area contributed by atoms with Crippen molar-refractivity contribution in [3.05, 3.63) is 12.2 Å². The van der Waals surface area contributed by atoms with Gasteiger partial charge in [-0.25, -0.2) is 9.67 Å². The molecule has 1 atom stereocenters. The van der Waals surface area contributed by atoms with Crippen LogP contribution in [0.2, 0.25) is 0 Å². The van der Waals surface area contributed by atoms with Gasteiger partial charge in [0.1, 0.15) is 12.2 Å². The third kappa shape index (κ3) is 0.632. The first-order valence-electron chi connectivity index (χ1n) is 2.91. The van der Waals surface area contributed by atoms with Crippen LogP contribution >= 0.6 is 0 Å². The summed E-state index contributed by atoms with van der Waals surface area (Å²) in [5.41, 5.74) is 0. The number of aromatic nitrogens is 3. The molecule has 0 aliphatic carbocycles. The van der Waals surface area contributed by atoms with Crippen LogP contribution in [0.25, 0.3) is 0 Å². The average molecular weight is 125 g/mol. The second kappa shape index (κ2) is 1.54. The SMILES string of the molecule is OC1Cc2ncnn2C1. The van der Waals surface area contributed by atoms with Crippen LogP contribution in [-0.2, 0) is 13.0 Å². The van der Waals surface area contributed by atoms with E-state index in [0.29, 0.717) is 13.0 Å². The Morgan fingerprint density at radius 1 is 1.78 bits per heavy atom. The minimum atomic E-state index is -0.263. The third-order valence-electron chi connectivity index (χ3n) is 1.50. The van der Waals surface area contributed by atoms with Crippen molar-refractivity contribution in [1.82, 2.24) is 14.8 Å². The Labute approximate surface area is 52.1 Å². The molecule has 1 N–H and O–H groups in total. The first-order valence-corrected chi connectivity index (χ1v) is 2.91. The zero-order chi connectivity index (χ0) is 6.27. The molecule has 0 saturated carbocycles. The lowest BCUT2D eigenvalue weighted by molar-refractivity contribution is 0.172. The second-order valence-electron chi connectivity index (χ2n) is 2.22. The summed E-state index contributed by atoms with van der Waals surface area (Å²) in [5.74, 6) is 0.891. The Kier molecular flexibility index (Phi) is 0.843. The molecule has 1 aromatic rings. The van der Waals surface area contributed by atoms with E-state index in [1.807, 2.05) is 0 Å². The van der Waals surface area contributed by atoms with E-state index in [9.17, 15) is 0 Å². The van der Waals surface area contributed by atoms with Crippen LogP contribution in [0, 0.1) is 0 Å². The molecule has 2 heterocycles. The van der Waals surface area contributed by atoms with Crippen molar-refractivity contribution in [2.24, 2.45) is 0 Å². The van der Waals surface area contributed by atoms with Crippen LogP contribution in [0.3, 0.4) is 0 Å². The molecule has 2 rings (SSSR count). The zero-order valence-corrected chi connectivity index (χ0v) is 4.86. The van der Waals surface area contributed by atoms with Gasteiger partial charge in [0, 0.05) is 6.42 Å². The van der Waals surface area contributed by atoms with Crippen molar-refractivity contribution in [2.45, 2.75) is 19.1 Å². The van der Waals surface area contributed by atoms with Gasteiger partial charge in [-0.15, -0.1) is 0 Å². The lowest BCUT2D eigenvalue weighted by atomic mass is 10.3. The summed E-state index contributed by atoms with van der Waals surface area (Å²) in [6.45, 7) is 0.606. The Bertz CT molecular complexity index is 199. The predicted molar refractivity (Wildman–Crippen MR) is 29.7 cm³/mol. The highest BCUT2D eigenvalue weighted by atomic mass is 16.3. The highest BCUT2D eigenvalue weighted by Crippen LogP contribution is 2.08. The highest BCUT2D eigenvalue weighted by molar-refractivity contribution is 4.93. The molecule has 4 nitrogen and oxygen atoms in total. The molecule has 9 heavy (non-hydrogen) atoms. The Hall–Kier alpha value is -0.900. The van der Waals surface area contributed by atoms with Gasteiger partial charge in [0.2, 0.25) is 0 Å². The normalized spacial score (nSPS) is 24.3. The van der Waals surface area contributed by atoms with Crippen molar-refractivity contribution in [1.29, 1.82) is 0 Å². The maximum Gasteiger partial charge on any atom is 0.138 e. The van der Waals surface area contributed by atoms with E-state index in [1.165, 1.54) is 6.33 Å². The fourth-order valence-electron chi connectivity index (χ4n) is 1.07. The summed E-state index contributed by atoms with van der Waals surface area (Å²) < 4.78 is 1.73. The zero-order valence-electron chi connectivity index (χ0n) is 4.86. The van der Waals surface area contributed by atoms with E-state index in [-0.39, 0.29) is 6.10 Å². The van der Waals surface area contributed by atoms with Crippen molar-refractivity contribution in [3.63, 3.8) is 0 Å². The van der Waals surface area contributed by atoms with Gasteiger partial charge in [-0.2, -0.15) is 5.10 Å². The van der Waals surface area contributed by atoms with Crippen LogP contribution in [-0.4, -0.2) is 26.0 Å². The average Bonchev–Trinajstić information content (AvgIpc) is 2.22. The smallest absolute Gasteiger partial charge is 0.138 e. The van der Waals surface area contributed by atoms with E-state index >= 15 is 0 Å². The van der Waals surface area contributed by atoms with Crippen LogP contribution in [0.5, 0.6) is 0 Å². The number of fused-ring (bicyclic) bond motifs is 1. The van der Waals surface area contributed by atoms with Gasteiger partial charge in [-0.1, -0.05) is 0 Å². The Morgan fingerprint density at radius 3 is 3.44 bits per heavy atom. The van der Waals surface area contributed by atoms with Gasteiger partial charge in [0.05, 0.1) is 12.6 Å². The Balaban J connectivity index is 2.39. The fraction of sp³-hybridized carbons (Fsp3) is 0.600. The summed E-state index contributed by atoms with van der Waals surface area (Å²) in [6, 6.07) is 0. The molecule has 0 aromatic carbocycles. The number of hydrogen-bond donors (Lipinski definition) is 1. The van der Waals surface area contributed by atoms with Gasteiger partial charge in [0.15, 0.2) is 0 Å². The lowest BCUT2D eigenvalue weighted by Gasteiger charge is -1.93. The van der Waals surface area contributed by atoms with Gasteiger partial charge < -0.3 is 5.11 Å². The Morgan fingerprint density at radius 2 is 2.67 bits per heavy atom. The van der Waals surface area contributed by atoms with Crippen molar-refractivity contribution < 1.29 is 5.11 Å². The van der Waals surface area contributed by atoms with E-state index in [4.69, 9.17) is 5.11 Å². The molecule has 1 aliphatic heterocycles. The first kappa shape index (κ1) is 4.93. The molecule has 0 saturated heterocycles. The largest absolute Gasteiger partial charge is 0.391 e. The van der Waals surface area contributed by atoms with E-state index in [1.54, 1.807) is 4.68 Å². The molecule has 4 heteroatoms. The monoisotopic (exact) mass is 125 g/mol. The van der Waals surface area contributed by atoms with Gasteiger partial charge >= 0.3 is 0 Å². The molecule has 0 spiro atoms. The van der Waals surface area contributed by atoms with E-state index < -0.39 is 0 Å². The minimum Gasteiger partial charge on any atom is -0.391 e. The minimum absolute atomic E-state index is 0.263. The molecule has 0 bridgehead atoms. The quantitative estimate of drug-likeness (QED) is 0.493. The number of aliphatic hydroxyl groups is 1. The molecule has 1 aromatic heterocycles. The summed E-state index contributed by atoms with van der Waals surface area (Å²) in [6.07, 6.45) is 1.91. The third-order valence-corrected chi connectivity index (χ3v) is 1.50. The van der Waals surface area contributed by atoms with E-state index in [2.05, 4.69) is 10.1 Å². The van der Waals surface area contributed by atoms with Crippen LogP contribution in [0.1, 0.15) is 5.82 Å². The molecule has 0 fully saturated rings. The topological polar surface area (TPSA) is 50.9 Å². The molecular weight excluding hydrogens is 118 g/mol. The van der Waals surface area contributed by atoms with Crippen LogP contribution < -0.4 is 0 Å². The van der Waals surface area contributed by atoms with Crippen LogP contribution in [0.15, 0.2) is 6.33 Å². The van der Waals surface area contributed by atoms with Crippen LogP contribution in [0.4, 0.5) is 0 Å². The van der Waals surface area contributed by atoms with Gasteiger partial charge in [-0.3, -0.25) is 0 Å². The molecule has 1 unspecified atom stereocenters. The predicted octanol–water partition coefficient (Wildman–Crippen LogP) is -0.805. The molecule has 0 amide bonds. The standard InChI is InChI=1S/C5H7N3O/c9-4-1-5-6-3-7-8(5)2-4/h3-4,9H,1-2H2. The summed E-state index contributed by atoms with van der Waals surface area (Å²) >= 11 is 0. The maximum atomic E-state index is 9.04. The number of rotatable bonds is 0. The number of nitrogens with zero attached hydrogens (tertiary/aromatic N) is 3. The number of aliphatic hydroxyl groups excluding tert-OH is 1. The van der Waals surface area contributed by atoms with Crippen molar-refractivity contribution in [2.75, 3.05) is 0 Å². The lowest BCUT2D eigenvalue weighted by Crippen LogP contribution is -2.07.